The Morgan fingerprint density at radius 3 is 2.52 bits per heavy atom. The summed E-state index contributed by atoms with van der Waals surface area (Å²) in [5.74, 6) is -1.28. The van der Waals surface area contributed by atoms with Crippen molar-refractivity contribution in [2.75, 3.05) is 7.05 Å². The minimum atomic E-state index is -0.518. The lowest BCUT2D eigenvalue weighted by Gasteiger charge is -2.19. The van der Waals surface area contributed by atoms with Crippen molar-refractivity contribution in [3.05, 3.63) is 107 Å². The minimum Gasteiger partial charge on any atom is -0.459 e. The first kappa shape index (κ1) is 22.4. The predicted molar refractivity (Wildman–Crippen MR) is 119 cm³/mol. The average molecular weight is 469 g/mol. The van der Waals surface area contributed by atoms with Gasteiger partial charge in [-0.3, -0.25) is 14.3 Å². The number of hydrogen-bond donors (Lipinski definition) is 0. The molecule has 0 spiro atoms. The molecule has 9 heteroatoms. The molecule has 0 N–H and O–H groups in total. The molecule has 2 aromatic carbocycles. The van der Waals surface area contributed by atoms with E-state index in [0.29, 0.717) is 12.2 Å². The Kier molecular flexibility index (Phi) is 6.65. The van der Waals surface area contributed by atoms with Crippen LogP contribution >= 0.6 is 11.6 Å². The van der Waals surface area contributed by atoms with Gasteiger partial charge in [-0.1, -0.05) is 17.7 Å². The van der Waals surface area contributed by atoms with Crippen molar-refractivity contribution in [3.8, 4) is 11.7 Å². The maximum atomic E-state index is 14.2. The maximum absolute atomic E-state index is 14.2. The first-order valence-electron chi connectivity index (χ1n) is 9.98. The number of imidazole rings is 1. The normalized spacial score (nSPS) is 10.8. The van der Waals surface area contributed by atoms with Crippen molar-refractivity contribution in [1.82, 2.24) is 19.4 Å². The number of ether oxygens (including phenoxy) is 1. The van der Waals surface area contributed by atoms with Gasteiger partial charge < -0.3 is 9.64 Å². The molecular formula is C24H19ClF2N4O2. The molecule has 0 unspecified atom stereocenters. The van der Waals surface area contributed by atoms with E-state index in [4.69, 9.17) is 16.3 Å². The Hall–Kier alpha value is -3.78. The molecular weight excluding hydrogens is 450 g/mol. The van der Waals surface area contributed by atoms with Crippen molar-refractivity contribution < 1.29 is 18.3 Å². The smallest absolute Gasteiger partial charge is 0.302 e. The molecule has 4 rings (SSSR count). The van der Waals surface area contributed by atoms with E-state index in [1.54, 1.807) is 25.5 Å². The summed E-state index contributed by atoms with van der Waals surface area (Å²) in [4.78, 5) is 23.0. The summed E-state index contributed by atoms with van der Waals surface area (Å²) in [6, 6.07) is 13.5. The van der Waals surface area contributed by atoms with Crippen molar-refractivity contribution in [2.45, 2.75) is 13.2 Å². The first-order chi connectivity index (χ1) is 15.9. The highest BCUT2D eigenvalue weighted by atomic mass is 35.5. The van der Waals surface area contributed by atoms with Crippen molar-refractivity contribution in [2.24, 2.45) is 0 Å². The molecule has 33 heavy (non-hydrogen) atoms. The van der Waals surface area contributed by atoms with Crippen LogP contribution in [0.4, 0.5) is 8.78 Å². The van der Waals surface area contributed by atoms with Crippen LogP contribution in [0, 0.1) is 11.6 Å². The largest absolute Gasteiger partial charge is 0.459 e. The molecule has 168 valence electrons. The zero-order chi connectivity index (χ0) is 23.4. The van der Waals surface area contributed by atoms with Crippen LogP contribution in [0.3, 0.4) is 0 Å². The number of halogens is 3. The molecule has 2 heterocycles. The fourth-order valence-corrected chi connectivity index (χ4v) is 3.48. The molecule has 0 saturated carbocycles. The molecule has 0 aliphatic rings. The monoisotopic (exact) mass is 468 g/mol. The van der Waals surface area contributed by atoms with E-state index >= 15 is 0 Å². The van der Waals surface area contributed by atoms with Crippen LogP contribution in [-0.2, 0) is 13.2 Å². The van der Waals surface area contributed by atoms with Crippen molar-refractivity contribution >= 4 is 17.5 Å². The summed E-state index contributed by atoms with van der Waals surface area (Å²) >= 11 is 6.09. The number of aromatic nitrogens is 3. The van der Waals surface area contributed by atoms with Gasteiger partial charge in [0.2, 0.25) is 0 Å². The number of nitrogens with zero attached hydrogens (tertiary/aromatic N) is 4. The second-order valence-corrected chi connectivity index (χ2v) is 7.65. The number of carbonyl (C=O) groups is 1. The van der Waals surface area contributed by atoms with E-state index in [1.807, 2.05) is 12.1 Å². The highest BCUT2D eigenvalue weighted by molar-refractivity contribution is 6.31. The summed E-state index contributed by atoms with van der Waals surface area (Å²) < 4.78 is 34.9. The summed E-state index contributed by atoms with van der Waals surface area (Å²) in [5, 5.41) is 0.211. The molecule has 4 aromatic rings. The van der Waals surface area contributed by atoms with Gasteiger partial charge in [0.25, 0.3) is 5.91 Å². The van der Waals surface area contributed by atoms with Gasteiger partial charge in [0, 0.05) is 31.5 Å². The lowest BCUT2D eigenvalue weighted by atomic mass is 10.2. The maximum Gasteiger partial charge on any atom is 0.302 e. The molecule has 2 aromatic heterocycles. The van der Waals surface area contributed by atoms with E-state index in [1.165, 1.54) is 52.1 Å². The van der Waals surface area contributed by atoms with Crippen LogP contribution in [0.5, 0.6) is 6.01 Å². The van der Waals surface area contributed by atoms with Crippen LogP contribution < -0.4 is 4.74 Å². The van der Waals surface area contributed by atoms with Gasteiger partial charge in [-0.05, 0) is 54.1 Å². The summed E-state index contributed by atoms with van der Waals surface area (Å²) in [6.07, 6.45) is 4.67. The highest BCUT2D eigenvalue weighted by Crippen LogP contribution is 2.25. The molecule has 0 saturated heterocycles. The van der Waals surface area contributed by atoms with E-state index in [9.17, 15) is 13.6 Å². The zero-order valence-electron chi connectivity index (χ0n) is 17.6. The van der Waals surface area contributed by atoms with Crippen molar-refractivity contribution in [3.63, 3.8) is 0 Å². The number of pyridine rings is 1. The van der Waals surface area contributed by atoms with E-state index < -0.39 is 11.6 Å². The molecule has 1 amide bonds. The number of benzene rings is 2. The van der Waals surface area contributed by atoms with Gasteiger partial charge in [0.15, 0.2) is 0 Å². The Morgan fingerprint density at radius 2 is 1.82 bits per heavy atom. The standard InChI is InChI=1S/C24H19ClF2N4O2/c1-30(14-16-9-11-28-12-10-16)23(32)22-13-29-24(31(22)18-7-5-17(26)6-8-18)33-15-19-20(25)3-2-4-21(19)27/h2-13H,14-15H2,1H3. The number of carbonyl (C=O) groups excluding carboxylic acids is 1. The van der Waals surface area contributed by atoms with E-state index in [-0.39, 0.29) is 34.8 Å². The Morgan fingerprint density at radius 1 is 1.09 bits per heavy atom. The van der Waals surface area contributed by atoms with Crippen LogP contribution in [0.25, 0.3) is 5.69 Å². The summed E-state index contributed by atoms with van der Waals surface area (Å²) in [5.41, 5.74) is 1.73. The molecule has 0 atom stereocenters. The van der Waals surface area contributed by atoms with Gasteiger partial charge in [0.1, 0.15) is 23.9 Å². The average Bonchev–Trinajstić information content (AvgIpc) is 3.23. The zero-order valence-corrected chi connectivity index (χ0v) is 18.3. The summed E-state index contributed by atoms with van der Waals surface area (Å²) in [7, 11) is 1.66. The third-order valence-electron chi connectivity index (χ3n) is 4.96. The van der Waals surface area contributed by atoms with Crippen LogP contribution in [0.15, 0.2) is 73.2 Å². The lowest BCUT2D eigenvalue weighted by molar-refractivity contribution is 0.0776. The van der Waals surface area contributed by atoms with E-state index in [2.05, 4.69) is 9.97 Å². The molecule has 6 nitrogen and oxygen atoms in total. The Balaban J connectivity index is 1.66. The van der Waals surface area contributed by atoms with Gasteiger partial charge in [0.05, 0.1) is 16.9 Å². The van der Waals surface area contributed by atoms with Crippen LogP contribution in [-0.4, -0.2) is 32.4 Å². The third kappa shape index (κ3) is 5.01. The molecule has 0 radical (unpaired) electrons. The summed E-state index contributed by atoms with van der Waals surface area (Å²) in [6.45, 7) is 0.140. The first-order valence-corrected chi connectivity index (χ1v) is 10.4. The molecule has 0 bridgehead atoms. The fraction of sp³-hybridized carbons (Fsp3) is 0.125. The lowest BCUT2D eigenvalue weighted by Crippen LogP contribution is -2.28. The van der Waals surface area contributed by atoms with Gasteiger partial charge in [-0.2, -0.15) is 0 Å². The topological polar surface area (TPSA) is 60.3 Å². The number of hydrogen-bond acceptors (Lipinski definition) is 4. The second kappa shape index (κ2) is 9.79. The van der Waals surface area contributed by atoms with Gasteiger partial charge >= 0.3 is 6.01 Å². The number of amides is 1. The molecule has 0 fully saturated rings. The van der Waals surface area contributed by atoms with Gasteiger partial charge in [-0.15, -0.1) is 0 Å². The Bertz CT molecular complexity index is 1240. The highest BCUT2D eigenvalue weighted by Gasteiger charge is 2.23. The van der Waals surface area contributed by atoms with E-state index in [0.717, 1.165) is 5.56 Å². The SMILES string of the molecule is CN(Cc1ccncc1)C(=O)c1cnc(OCc2c(F)cccc2Cl)n1-c1ccc(F)cc1. The number of rotatable bonds is 7. The fourth-order valence-electron chi connectivity index (χ4n) is 3.26. The third-order valence-corrected chi connectivity index (χ3v) is 5.31. The predicted octanol–water partition coefficient (Wildman–Crippen LogP) is 5.05. The van der Waals surface area contributed by atoms with Crippen molar-refractivity contribution in [1.29, 1.82) is 0 Å². The van der Waals surface area contributed by atoms with Crippen LogP contribution in [0.2, 0.25) is 5.02 Å². The molecule has 0 aliphatic carbocycles. The van der Waals surface area contributed by atoms with Gasteiger partial charge in [-0.25, -0.2) is 13.8 Å². The second-order valence-electron chi connectivity index (χ2n) is 7.24. The minimum absolute atomic E-state index is 0.0431. The quantitative estimate of drug-likeness (QED) is 0.381. The van der Waals surface area contributed by atoms with Crippen LogP contribution in [0.1, 0.15) is 21.6 Å². The Labute approximate surface area is 194 Å². The molecule has 0 aliphatic heterocycles.